The SMILES string of the molecule is COC(=O)C1=C(C)N=c2s/c(=C/c3ccc(OC(C)=O)cc3)c(=O)n2C1c1ccccc1. The number of allylic oxidation sites excluding steroid dienone is 1. The monoisotopic (exact) mass is 448 g/mol. The highest BCUT2D eigenvalue weighted by atomic mass is 32.1. The van der Waals surface area contributed by atoms with E-state index in [9.17, 15) is 14.4 Å². The van der Waals surface area contributed by atoms with Crippen molar-refractivity contribution in [3.05, 3.63) is 96.7 Å². The Bertz CT molecular complexity index is 1400. The molecule has 1 aliphatic heterocycles. The summed E-state index contributed by atoms with van der Waals surface area (Å²) < 4.78 is 12.1. The molecule has 7 nitrogen and oxygen atoms in total. The molecule has 0 spiro atoms. The fourth-order valence-electron chi connectivity index (χ4n) is 3.59. The Kier molecular flexibility index (Phi) is 5.87. The Labute approximate surface area is 187 Å². The van der Waals surface area contributed by atoms with Crippen LogP contribution in [0.1, 0.15) is 31.0 Å². The lowest BCUT2D eigenvalue weighted by Gasteiger charge is -2.24. The first kappa shape index (κ1) is 21.5. The molecule has 1 atom stereocenters. The second kappa shape index (κ2) is 8.76. The molecule has 0 bridgehead atoms. The van der Waals surface area contributed by atoms with Gasteiger partial charge in [-0.2, -0.15) is 0 Å². The van der Waals surface area contributed by atoms with E-state index in [1.165, 1.54) is 29.9 Å². The summed E-state index contributed by atoms with van der Waals surface area (Å²) in [7, 11) is 1.31. The summed E-state index contributed by atoms with van der Waals surface area (Å²) >= 11 is 1.25. The zero-order valence-corrected chi connectivity index (χ0v) is 18.5. The van der Waals surface area contributed by atoms with Crippen LogP contribution in [0.15, 0.2) is 75.7 Å². The van der Waals surface area contributed by atoms with Gasteiger partial charge in [-0.05, 0) is 36.3 Å². The molecule has 2 aromatic carbocycles. The van der Waals surface area contributed by atoms with Gasteiger partial charge in [0.05, 0.1) is 29.0 Å². The van der Waals surface area contributed by atoms with E-state index in [0.717, 1.165) is 11.1 Å². The Hall–Kier alpha value is -3.78. The molecule has 0 radical (unpaired) electrons. The van der Waals surface area contributed by atoms with E-state index in [2.05, 4.69) is 4.99 Å². The lowest BCUT2D eigenvalue weighted by atomic mass is 9.96. The zero-order chi connectivity index (χ0) is 22.8. The molecule has 0 N–H and O–H groups in total. The zero-order valence-electron chi connectivity index (χ0n) is 17.7. The Morgan fingerprint density at radius 3 is 2.41 bits per heavy atom. The third-order valence-corrected chi connectivity index (χ3v) is 5.96. The number of hydrogen-bond acceptors (Lipinski definition) is 7. The van der Waals surface area contributed by atoms with Crippen molar-refractivity contribution in [1.82, 2.24) is 4.57 Å². The lowest BCUT2D eigenvalue weighted by Crippen LogP contribution is -2.39. The van der Waals surface area contributed by atoms with Gasteiger partial charge in [0.15, 0.2) is 4.80 Å². The van der Waals surface area contributed by atoms with Gasteiger partial charge in [0.25, 0.3) is 5.56 Å². The number of rotatable bonds is 4. The summed E-state index contributed by atoms with van der Waals surface area (Å²) in [5, 5.41) is 0. The third-order valence-electron chi connectivity index (χ3n) is 4.98. The topological polar surface area (TPSA) is 87.0 Å². The highest BCUT2D eigenvalue weighted by Gasteiger charge is 2.32. The molecule has 2 heterocycles. The van der Waals surface area contributed by atoms with E-state index in [1.807, 2.05) is 30.3 Å². The first-order chi connectivity index (χ1) is 15.4. The predicted molar refractivity (Wildman–Crippen MR) is 120 cm³/mol. The summed E-state index contributed by atoms with van der Waals surface area (Å²) in [6, 6.07) is 15.6. The normalized spacial score (nSPS) is 15.7. The molecule has 32 heavy (non-hydrogen) atoms. The summed E-state index contributed by atoms with van der Waals surface area (Å²) in [5.41, 5.74) is 2.17. The fourth-order valence-corrected chi connectivity index (χ4v) is 4.64. The number of esters is 2. The van der Waals surface area contributed by atoms with Gasteiger partial charge in [0.2, 0.25) is 0 Å². The van der Waals surface area contributed by atoms with Gasteiger partial charge in [0, 0.05) is 6.92 Å². The molecule has 1 aromatic heterocycles. The minimum atomic E-state index is -0.631. The second-order valence-electron chi connectivity index (χ2n) is 7.15. The number of benzene rings is 2. The molecule has 1 aliphatic rings. The van der Waals surface area contributed by atoms with Crippen LogP contribution in [0.3, 0.4) is 0 Å². The van der Waals surface area contributed by atoms with Crippen LogP contribution in [0.25, 0.3) is 6.08 Å². The highest BCUT2D eigenvalue weighted by Crippen LogP contribution is 2.30. The maximum atomic E-state index is 13.4. The van der Waals surface area contributed by atoms with E-state index in [1.54, 1.807) is 37.3 Å². The lowest BCUT2D eigenvalue weighted by molar-refractivity contribution is -0.136. The number of nitrogens with zero attached hydrogens (tertiary/aromatic N) is 2. The summed E-state index contributed by atoms with van der Waals surface area (Å²) in [5.74, 6) is -0.488. The highest BCUT2D eigenvalue weighted by molar-refractivity contribution is 7.07. The molecular weight excluding hydrogens is 428 g/mol. The Balaban J connectivity index is 1.86. The standard InChI is InChI=1S/C24H20N2O5S/c1-14-20(23(29)30-3)21(17-7-5-4-6-8-17)26-22(28)19(32-24(26)25-14)13-16-9-11-18(12-10-16)31-15(2)27/h4-13,21H,1-3H3/b19-13+. The van der Waals surface area contributed by atoms with Gasteiger partial charge in [-0.1, -0.05) is 53.8 Å². The quantitative estimate of drug-likeness (QED) is 0.452. The van der Waals surface area contributed by atoms with Gasteiger partial charge >= 0.3 is 11.9 Å². The molecule has 4 rings (SSSR count). The minimum absolute atomic E-state index is 0.249. The average Bonchev–Trinajstić information content (AvgIpc) is 3.08. The predicted octanol–water partition coefficient (Wildman–Crippen LogP) is 2.33. The Morgan fingerprint density at radius 1 is 1.09 bits per heavy atom. The number of ether oxygens (including phenoxy) is 2. The molecule has 1 unspecified atom stereocenters. The van der Waals surface area contributed by atoms with Crippen LogP contribution in [-0.4, -0.2) is 23.6 Å². The first-order valence-corrected chi connectivity index (χ1v) is 10.6. The van der Waals surface area contributed by atoms with Crippen LogP contribution in [0, 0.1) is 0 Å². The van der Waals surface area contributed by atoms with Crippen molar-refractivity contribution < 1.29 is 19.1 Å². The number of carbonyl (C=O) groups excluding carboxylic acids is 2. The largest absolute Gasteiger partial charge is 0.466 e. The van der Waals surface area contributed by atoms with Crippen molar-refractivity contribution in [2.75, 3.05) is 7.11 Å². The molecule has 162 valence electrons. The maximum Gasteiger partial charge on any atom is 0.338 e. The van der Waals surface area contributed by atoms with E-state index in [-0.39, 0.29) is 5.56 Å². The molecule has 0 saturated carbocycles. The molecule has 8 heteroatoms. The van der Waals surface area contributed by atoms with Crippen LogP contribution in [0.2, 0.25) is 0 Å². The van der Waals surface area contributed by atoms with E-state index >= 15 is 0 Å². The van der Waals surface area contributed by atoms with Gasteiger partial charge in [-0.3, -0.25) is 14.2 Å². The first-order valence-electron chi connectivity index (χ1n) is 9.83. The van der Waals surface area contributed by atoms with Crippen LogP contribution in [-0.2, 0) is 14.3 Å². The molecule has 0 saturated heterocycles. The average molecular weight is 449 g/mol. The second-order valence-corrected chi connectivity index (χ2v) is 8.16. The van der Waals surface area contributed by atoms with Crippen molar-refractivity contribution in [3.63, 3.8) is 0 Å². The maximum absolute atomic E-state index is 13.4. The van der Waals surface area contributed by atoms with Crippen molar-refractivity contribution in [1.29, 1.82) is 0 Å². The van der Waals surface area contributed by atoms with Crippen molar-refractivity contribution >= 4 is 29.4 Å². The van der Waals surface area contributed by atoms with Crippen LogP contribution in [0.4, 0.5) is 0 Å². The summed E-state index contributed by atoms with van der Waals surface area (Å²) in [6.45, 7) is 3.08. The number of methoxy groups -OCH3 is 1. The van der Waals surface area contributed by atoms with Crippen molar-refractivity contribution in [3.8, 4) is 5.75 Å². The van der Waals surface area contributed by atoms with Crippen molar-refractivity contribution in [2.45, 2.75) is 19.9 Å². The summed E-state index contributed by atoms with van der Waals surface area (Å²) in [4.78, 5) is 42.1. The van der Waals surface area contributed by atoms with E-state index in [4.69, 9.17) is 9.47 Å². The molecule has 0 aliphatic carbocycles. The van der Waals surface area contributed by atoms with E-state index < -0.39 is 18.0 Å². The number of carbonyl (C=O) groups is 2. The third kappa shape index (κ3) is 4.04. The smallest absolute Gasteiger partial charge is 0.338 e. The number of fused-ring (bicyclic) bond motifs is 1. The van der Waals surface area contributed by atoms with Crippen LogP contribution < -0.4 is 19.6 Å². The Morgan fingerprint density at radius 2 is 1.78 bits per heavy atom. The van der Waals surface area contributed by atoms with Crippen LogP contribution >= 0.6 is 11.3 Å². The minimum Gasteiger partial charge on any atom is -0.466 e. The molecule has 0 amide bonds. The molecular formula is C24H20N2O5S. The molecule has 0 fully saturated rings. The van der Waals surface area contributed by atoms with Crippen molar-refractivity contribution in [2.24, 2.45) is 4.99 Å². The van der Waals surface area contributed by atoms with Gasteiger partial charge < -0.3 is 9.47 Å². The van der Waals surface area contributed by atoms with Gasteiger partial charge in [-0.25, -0.2) is 9.79 Å². The summed E-state index contributed by atoms with van der Waals surface area (Å²) in [6.07, 6.45) is 1.75. The fraction of sp³-hybridized carbons (Fsp3) is 0.167. The van der Waals surface area contributed by atoms with Gasteiger partial charge in [-0.15, -0.1) is 0 Å². The molecule has 3 aromatic rings. The van der Waals surface area contributed by atoms with Crippen LogP contribution in [0.5, 0.6) is 5.75 Å². The van der Waals surface area contributed by atoms with E-state index in [0.29, 0.717) is 26.4 Å². The number of thiazole rings is 1. The number of hydrogen-bond donors (Lipinski definition) is 0. The number of aromatic nitrogens is 1. The van der Waals surface area contributed by atoms with Gasteiger partial charge in [0.1, 0.15) is 5.75 Å².